The third-order valence-corrected chi connectivity index (χ3v) is 2.18. The maximum Gasteiger partial charge on any atom is 0.253 e. The summed E-state index contributed by atoms with van der Waals surface area (Å²) in [6, 6.07) is 0. The van der Waals surface area contributed by atoms with Crippen LogP contribution in [0.2, 0.25) is 0 Å². The zero-order chi connectivity index (χ0) is 9.19. The van der Waals surface area contributed by atoms with Gasteiger partial charge in [-0.15, -0.1) is 0 Å². The Morgan fingerprint density at radius 2 is 2.42 bits per heavy atom. The standard InChI is InChI=1S/C7H13N3O2/c1-7(3-2-4-11)5(8)9-10-6(7)12/h11H,2-4H2,1H3,(H2,8,9)(H,10,12)/t7-/m1/s1. The van der Waals surface area contributed by atoms with Crippen molar-refractivity contribution in [3.8, 4) is 0 Å². The minimum Gasteiger partial charge on any atom is -0.396 e. The van der Waals surface area contributed by atoms with E-state index in [0.29, 0.717) is 18.7 Å². The molecule has 0 aromatic rings. The Morgan fingerprint density at radius 1 is 1.75 bits per heavy atom. The first kappa shape index (κ1) is 8.99. The highest BCUT2D eigenvalue weighted by atomic mass is 16.3. The molecule has 1 heterocycles. The van der Waals surface area contributed by atoms with Crippen molar-refractivity contribution in [3.05, 3.63) is 0 Å². The summed E-state index contributed by atoms with van der Waals surface area (Å²) < 4.78 is 0. The highest BCUT2D eigenvalue weighted by molar-refractivity contribution is 6.10. The van der Waals surface area contributed by atoms with Crippen LogP contribution in [0.15, 0.2) is 5.10 Å². The number of nitrogens with one attached hydrogen (secondary N) is 1. The minimum atomic E-state index is -0.720. The van der Waals surface area contributed by atoms with Crippen molar-refractivity contribution < 1.29 is 9.90 Å². The van der Waals surface area contributed by atoms with E-state index in [0.717, 1.165) is 0 Å². The molecule has 5 heteroatoms. The highest BCUT2D eigenvalue weighted by Crippen LogP contribution is 2.26. The Hall–Kier alpha value is -1.10. The van der Waals surface area contributed by atoms with E-state index in [2.05, 4.69) is 10.5 Å². The van der Waals surface area contributed by atoms with Crippen LogP contribution in [0.4, 0.5) is 0 Å². The van der Waals surface area contributed by atoms with Crippen LogP contribution in [0.1, 0.15) is 19.8 Å². The zero-order valence-corrected chi connectivity index (χ0v) is 7.00. The molecule has 0 bridgehead atoms. The van der Waals surface area contributed by atoms with Gasteiger partial charge >= 0.3 is 0 Å². The van der Waals surface area contributed by atoms with Gasteiger partial charge in [-0.2, -0.15) is 5.10 Å². The molecule has 5 nitrogen and oxygen atoms in total. The molecule has 68 valence electrons. The van der Waals surface area contributed by atoms with Gasteiger partial charge in [0.2, 0.25) is 0 Å². The van der Waals surface area contributed by atoms with Gasteiger partial charge in [-0.05, 0) is 19.8 Å². The lowest BCUT2D eigenvalue weighted by Gasteiger charge is -2.19. The van der Waals surface area contributed by atoms with E-state index in [-0.39, 0.29) is 12.5 Å². The van der Waals surface area contributed by atoms with Crippen molar-refractivity contribution >= 4 is 11.7 Å². The Morgan fingerprint density at radius 3 is 2.83 bits per heavy atom. The monoisotopic (exact) mass is 171 g/mol. The number of aliphatic hydroxyl groups is 1. The molecule has 1 aliphatic rings. The number of amidine groups is 1. The molecule has 1 aliphatic heterocycles. The maximum atomic E-state index is 11.2. The fraction of sp³-hybridized carbons (Fsp3) is 0.714. The van der Waals surface area contributed by atoms with Crippen molar-refractivity contribution in [2.45, 2.75) is 19.8 Å². The number of carbonyl (C=O) groups is 1. The number of nitrogens with two attached hydrogens (primary N) is 1. The first-order valence-corrected chi connectivity index (χ1v) is 3.86. The molecule has 0 radical (unpaired) electrons. The van der Waals surface area contributed by atoms with E-state index in [1.165, 1.54) is 0 Å². The molecule has 4 N–H and O–H groups in total. The molecule has 0 aromatic carbocycles. The van der Waals surface area contributed by atoms with Crippen LogP contribution < -0.4 is 11.2 Å². The predicted molar refractivity (Wildman–Crippen MR) is 44.2 cm³/mol. The van der Waals surface area contributed by atoms with Crippen LogP contribution in [0.3, 0.4) is 0 Å². The van der Waals surface area contributed by atoms with Gasteiger partial charge in [-0.1, -0.05) is 0 Å². The molecule has 1 amide bonds. The second-order valence-corrected chi connectivity index (χ2v) is 3.10. The predicted octanol–water partition coefficient (Wildman–Crippen LogP) is -0.833. The number of hydrogen-bond donors (Lipinski definition) is 3. The van der Waals surface area contributed by atoms with Gasteiger partial charge in [0.25, 0.3) is 5.91 Å². The minimum absolute atomic E-state index is 0.0656. The third-order valence-electron chi connectivity index (χ3n) is 2.18. The van der Waals surface area contributed by atoms with Gasteiger partial charge in [0.05, 0.1) is 0 Å². The summed E-state index contributed by atoms with van der Waals surface area (Å²) in [6.45, 7) is 1.79. The summed E-state index contributed by atoms with van der Waals surface area (Å²) in [5.41, 5.74) is 7.12. The van der Waals surface area contributed by atoms with Gasteiger partial charge in [0.1, 0.15) is 11.3 Å². The van der Waals surface area contributed by atoms with Gasteiger partial charge in [0.15, 0.2) is 0 Å². The van der Waals surface area contributed by atoms with E-state index < -0.39 is 5.41 Å². The summed E-state index contributed by atoms with van der Waals surface area (Å²) in [6.07, 6.45) is 1.09. The molecular formula is C7H13N3O2. The number of hydrogen-bond acceptors (Lipinski definition) is 4. The van der Waals surface area contributed by atoms with E-state index in [4.69, 9.17) is 10.8 Å². The lowest BCUT2D eigenvalue weighted by molar-refractivity contribution is -0.126. The smallest absolute Gasteiger partial charge is 0.253 e. The Bertz CT molecular complexity index is 227. The van der Waals surface area contributed by atoms with Crippen LogP contribution in [-0.4, -0.2) is 23.5 Å². The number of amides is 1. The fourth-order valence-corrected chi connectivity index (χ4v) is 1.15. The quantitative estimate of drug-likeness (QED) is 0.517. The van der Waals surface area contributed by atoms with Gasteiger partial charge in [-0.3, -0.25) is 4.79 Å². The number of hydrazone groups is 1. The normalized spacial score (nSPS) is 28.5. The molecule has 0 saturated heterocycles. The van der Waals surface area contributed by atoms with Crippen molar-refractivity contribution in [2.75, 3.05) is 6.61 Å². The molecular weight excluding hydrogens is 158 g/mol. The average Bonchev–Trinajstić information content (AvgIpc) is 2.30. The molecule has 0 fully saturated rings. The first-order valence-electron chi connectivity index (χ1n) is 3.86. The van der Waals surface area contributed by atoms with E-state index in [1.54, 1.807) is 6.92 Å². The summed E-state index contributed by atoms with van der Waals surface area (Å²) in [7, 11) is 0. The van der Waals surface area contributed by atoms with E-state index in [9.17, 15) is 4.79 Å². The highest BCUT2D eigenvalue weighted by Gasteiger charge is 2.41. The van der Waals surface area contributed by atoms with Gasteiger partial charge in [-0.25, -0.2) is 5.43 Å². The molecule has 12 heavy (non-hydrogen) atoms. The van der Waals surface area contributed by atoms with Crippen LogP contribution in [0.5, 0.6) is 0 Å². The zero-order valence-electron chi connectivity index (χ0n) is 7.00. The van der Waals surface area contributed by atoms with Crippen molar-refractivity contribution in [1.82, 2.24) is 5.43 Å². The molecule has 0 saturated carbocycles. The van der Waals surface area contributed by atoms with Crippen LogP contribution in [0.25, 0.3) is 0 Å². The fourth-order valence-electron chi connectivity index (χ4n) is 1.15. The average molecular weight is 171 g/mol. The molecule has 0 spiro atoms. The Kier molecular flexibility index (Phi) is 2.32. The van der Waals surface area contributed by atoms with Crippen molar-refractivity contribution in [1.29, 1.82) is 0 Å². The second kappa shape index (κ2) is 3.10. The van der Waals surface area contributed by atoms with Crippen molar-refractivity contribution in [2.24, 2.45) is 16.3 Å². The Labute approximate surface area is 70.6 Å². The topological polar surface area (TPSA) is 87.7 Å². The SMILES string of the molecule is C[C@]1(CCCO)C(=O)NN=C1N. The van der Waals surface area contributed by atoms with Crippen LogP contribution >= 0.6 is 0 Å². The summed E-state index contributed by atoms with van der Waals surface area (Å²) in [4.78, 5) is 11.2. The Balaban J connectivity index is 2.67. The largest absolute Gasteiger partial charge is 0.396 e. The number of nitrogens with zero attached hydrogens (tertiary/aromatic N) is 1. The number of aliphatic hydroxyl groups excluding tert-OH is 1. The molecule has 1 atom stereocenters. The number of rotatable bonds is 3. The van der Waals surface area contributed by atoms with Gasteiger partial charge in [0, 0.05) is 6.61 Å². The second-order valence-electron chi connectivity index (χ2n) is 3.10. The molecule has 0 aliphatic carbocycles. The lowest BCUT2D eigenvalue weighted by Crippen LogP contribution is -2.39. The van der Waals surface area contributed by atoms with Gasteiger partial charge < -0.3 is 10.8 Å². The number of carbonyl (C=O) groups excluding carboxylic acids is 1. The summed E-state index contributed by atoms with van der Waals surface area (Å²) in [5.74, 6) is 0.120. The van der Waals surface area contributed by atoms with Crippen molar-refractivity contribution in [3.63, 3.8) is 0 Å². The van der Waals surface area contributed by atoms with Crippen LogP contribution in [0, 0.1) is 5.41 Å². The van der Waals surface area contributed by atoms with E-state index >= 15 is 0 Å². The molecule has 1 rings (SSSR count). The maximum absolute atomic E-state index is 11.2. The lowest BCUT2D eigenvalue weighted by atomic mass is 9.84. The third kappa shape index (κ3) is 1.27. The molecule has 0 aromatic heterocycles. The molecule has 0 unspecified atom stereocenters. The van der Waals surface area contributed by atoms with E-state index in [1.807, 2.05) is 0 Å². The van der Waals surface area contributed by atoms with Crippen LogP contribution in [-0.2, 0) is 4.79 Å². The first-order chi connectivity index (χ1) is 5.61. The summed E-state index contributed by atoms with van der Waals surface area (Å²) in [5, 5.41) is 12.2. The summed E-state index contributed by atoms with van der Waals surface area (Å²) >= 11 is 0.